The second kappa shape index (κ2) is 8.58. The minimum Gasteiger partial charge on any atom is -0.462 e. The van der Waals surface area contributed by atoms with Gasteiger partial charge in [-0.2, -0.15) is 0 Å². The van der Waals surface area contributed by atoms with Crippen LogP contribution < -0.4 is 0 Å². The summed E-state index contributed by atoms with van der Waals surface area (Å²) in [5.41, 5.74) is 1.20. The summed E-state index contributed by atoms with van der Waals surface area (Å²) in [6.45, 7) is 1.94. The van der Waals surface area contributed by atoms with Crippen LogP contribution in [0.25, 0.3) is 6.08 Å². The van der Waals surface area contributed by atoms with Crippen LogP contribution >= 0.6 is 0 Å². The van der Waals surface area contributed by atoms with Crippen molar-refractivity contribution < 1.29 is 21.5 Å². The van der Waals surface area contributed by atoms with Crippen molar-refractivity contribution in [3.63, 3.8) is 0 Å². The van der Waals surface area contributed by atoms with Crippen molar-refractivity contribution in [2.24, 2.45) is 0 Å². The predicted octanol–water partition coefficient (Wildman–Crippen LogP) is 4.62. The zero-order valence-electron chi connectivity index (χ0n) is 10.8. The smallest absolute Gasteiger partial charge is 0.127 e. The Balaban J connectivity index is 0.000000256. The Bertz CT molecular complexity index is 517. The van der Waals surface area contributed by atoms with E-state index in [-0.39, 0.29) is 17.1 Å². The van der Waals surface area contributed by atoms with Crippen molar-refractivity contribution in [1.29, 1.82) is 0 Å². The molecule has 2 radical (unpaired) electrons. The van der Waals surface area contributed by atoms with Crippen molar-refractivity contribution in [2.45, 2.75) is 6.92 Å². The normalized spacial score (nSPS) is 15.3. The minimum atomic E-state index is 0. The SMILES string of the molecule is Cc1ccc(/C=C/C2=C[CH]C=C2)o1.[CH]1C=CC=C1.[Fe]. The van der Waals surface area contributed by atoms with E-state index < -0.39 is 0 Å². The second-order valence-electron chi connectivity index (χ2n) is 3.96. The Morgan fingerprint density at radius 2 is 1.68 bits per heavy atom. The van der Waals surface area contributed by atoms with Crippen LogP contribution in [0.3, 0.4) is 0 Å². The first-order valence-corrected chi connectivity index (χ1v) is 5.97. The Morgan fingerprint density at radius 1 is 0.895 bits per heavy atom. The molecular formula is C17H16FeO. The van der Waals surface area contributed by atoms with Gasteiger partial charge in [-0.3, -0.25) is 0 Å². The number of hydrogen-bond donors (Lipinski definition) is 0. The molecule has 98 valence electrons. The van der Waals surface area contributed by atoms with Crippen LogP contribution in [-0.2, 0) is 17.1 Å². The fourth-order valence-electron chi connectivity index (χ4n) is 1.54. The Labute approximate surface area is 125 Å². The van der Waals surface area contributed by atoms with Crippen LogP contribution in [0.4, 0.5) is 0 Å². The topological polar surface area (TPSA) is 13.1 Å². The van der Waals surface area contributed by atoms with Gasteiger partial charge in [-0.05, 0) is 30.7 Å². The van der Waals surface area contributed by atoms with E-state index in [2.05, 4.69) is 12.2 Å². The van der Waals surface area contributed by atoms with E-state index in [4.69, 9.17) is 4.42 Å². The third kappa shape index (κ3) is 5.78. The molecular weight excluding hydrogens is 276 g/mol. The first-order chi connectivity index (χ1) is 8.84. The fourth-order valence-corrected chi connectivity index (χ4v) is 1.54. The number of allylic oxidation sites excluding steroid dienone is 9. The summed E-state index contributed by atoms with van der Waals surface area (Å²) in [4.78, 5) is 0. The summed E-state index contributed by atoms with van der Waals surface area (Å²) in [5.74, 6) is 1.85. The van der Waals surface area contributed by atoms with Crippen LogP contribution in [0.1, 0.15) is 11.5 Å². The van der Waals surface area contributed by atoms with Crippen molar-refractivity contribution in [1.82, 2.24) is 0 Å². The zero-order valence-corrected chi connectivity index (χ0v) is 11.9. The summed E-state index contributed by atoms with van der Waals surface area (Å²) in [6.07, 6.45) is 22.2. The molecule has 1 aromatic heterocycles. The number of aryl methyl sites for hydroxylation is 1. The molecule has 2 aliphatic rings. The minimum absolute atomic E-state index is 0. The molecule has 0 N–H and O–H groups in total. The maximum Gasteiger partial charge on any atom is 0.127 e. The predicted molar refractivity (Wildman–Crippen MR) is 76.6 cm³/mol. The summed E-state index contributed by atoms with van der Waals surface area (Å²) in [6, 6.07) is 3.93. The van der Waals surface area contributed by atoms with E-state index >= 15 is 0 Å². The largest absolute Gasteiger partial charge is 0.462 e. The maximum absolute atomic E-state index is 5.39. The summed E-state index contributed by atoms with van der Waals surface area (Å²) < 4.78 is 5.39. The van der Waals surface area contributed by atoms with Gasteiger partial charge < -0.3 is 4.42 Å². The average molecular weight is 292 g/mol. The molecule has 0 fully saturated rings. The molecule has 0 saturated carbocycles. The van der Waals surface area contributed by atoms with E-state index in [1.165, 1.54) is 5.57 Å². The Morgan fingerprint density at radius 3 is 2.16 bits per heavy atom. The number of rotatable bonds is 2. The maximum atomic E-state index is 5.39. The van der Waals surface area contributed by atoms with Gasteiger partial charge in [0.05, 0.1) is 0 Å². The molecule has 1 nitrogen and oxygen atoms in total. The summed E-state index contributed by atoms with van der Waals surface area (Å²) in [5, 5.41) is 0. The molecule has 0 spiro atoms. The first-order valence-electron chi connectivity index (χ1n) is 5.97. The number of hydrogen-bond acceptors (Lipinski definition) is 1. The molecule has 2 heteroatoms. The molecule has 0 aromatic carbocycles. The molecule has 2 aliphatic carbocycles. The molecule has 1 heterocycles. The van der Waals surface area contributed by atoms with Gasteiger partial charge in [0.25, 0.3) is 0 Å². The van der Waals surface area contributed by atoms with Crippen LogP contribution in [0.5, 0.6) is 0 Å². The molecule has 3 rings (SSSR count). The molecule has 0 aliphatic heterocycles. The van der Waals surface area contributed by atoms with E-state index in [1.807, 2.05) is 74.4 Å². The second-order valence-corrected chi connectivity index (χ2v) is 3.96. The van der Waals surface area contributed by atoms with E-state index in [9.17, 15) is 0 Å². The summed E-state index contributed by atoms with van der Waals surface area (Å²) >= 11 is 0. The van der Waals surface area contributed by atoms with Gasteiger partial charge in [0, 0.05) is 29.9 Å². The molecule has 0 atom stereocenters. The third-order valence-corrected chi connectivity index (χ3v) is 2.45. The van der Waals surface area contributed by atoms with Crippen molar-refractivity contribution >= 4 is 6.08 Å². The van der Waals surface area contributed by atoms with Crippen LogP contribution in [0.15, 0.2) is 70.7 Å². The van der Waals surface area contributed by atoms with Gasteiger partial charge in [0.1, 0.15) is 11.5 Å². The quantitative estimate of drug-likeness (QED) is 0.725. The van der Waals surface area contributed by atoms with Gasteiger partial charge in [-0.1, -0.05) is 48.6 Å². The summed E-state index contributed by atoms with van der Waals surface area (Å²) in [7, 11) is 0. The Kier molecular flexibility index (Phi) is 7.02. The van der Waals surface area contributed by atoms with Gasteiger partial charge in [0.15, 0.2) is 0 Å². The Hall–Kier alpha value is -1.50. The van der Waals surface area contributed by atoms with Crippen molar-refractivity contribution in [3.05, 3.63) is 90.7 Å². The number of furan rings is 1. The van der Waals surface area contributed by atoms with Crippen molar-refractivity contribution in [3.8, 4) is 0 Å². The van der Waals surface area contributed by atoms with Gasteiger partial charge >= 0.3 is 0 Å². The zero-order chi connectivity index (χ0) is 12.6. The molecule has 0 amide bonds. The molecule has 0 bridgehead atoms. The van der Waals surface area contributed by atoms with E-state index in [0.29, 0.717) is 0 Å². The fraction of sp³-hybridized carbons (Fsp3) is 0.0588. The molecule has 1 aromatic rings. The van der Waals surface area contributed by atoms with Crippen LogP contribution in [0.2, 0.25) is 0 Å². The van der Waals surface area contributed by atoms with Crippen LogP contribution in [-0.4, -0.2) is 0 Å². The third-order valence-electron chi connectivity index (χ3n) is 2.45. The average Bonchev–Trinajstić information content (AvgIpc) is 3.12. The van der Waals surface area contributed by atoms with E-state index in [0.717, 1.165) is 11.5 Å². The van der Waals surface area contributed by atoms with E-state index in [1.54, 1.807) is 0 Å². The van der Waals surface area contributed by atoms with Gasteiger partial charge in [-0.25, -0.2) is 0 Å². The monoisotopic (exact) mass is 292 g/mol. The van der Waals surface area contributed by atoms with Gasteiger partial charge in [0.2, 0.25) is 0 Å². The molecule has 19 heavy (non-hydrogen) atoms. The van der Waals surface area contributed by atoms with Gasteiger partial charge in [-0.15, -0.1) is 0 Å². The first kappa shape index (κ1) is 15.6. The standard InChI is InChI=1S/C12H11O.C5H5.Fe/c1-10-6-8-12(13-10)9-7-11-4-2-3-5-11;1-2-4-5-3-1;/h2-9H,1H3;1-5H;/b9-7+;;. The van der Waals surface area contributed by atoms with Crippen LogP contribution in [0, 0.1) is 19.8 Å². The van der Waals surface area contributed by atoms with Crippen molar-refractivity contribution in [2.75, 3.05) is 0 Å². The molecule has 0 saturated heterocycles. The molecule has 0 unspecified atom stereocenters.